The Morgan fingerprint density at radius 1 is 0.755 bits per heavy atom. The van der Waals surface area contributed by atoms with E-state index in [4.69, 9.17) is 14.8 Å². The Hall–Kier alpha value is -4.47. The first-order chi connectivity index (χ1) is 25.2. The van der Waals surface area contributed by atoms with Gasteiger partial charge >= 0.3 is 21.1 Å². The van der Waals surface area contributed by atoms with Crippen molar-refractivity contribution in [1.29, 1.82) is 0 Å². The summed E-state index contributed by atoms with van der Waals surface area (Å²) in [5, 5.41) is 7.17. The smallest absolute Gasteiger partial charge is 0.509 e. The van der Waals surface area contributed by atoms with E-state index >= 15 is 0 Å². The Morgan fingerprint density at radius 2 is 1.53 bits per heavy atom. The van der Waals surface area contributed by atoms with Crippen LogP contribution >= 0.6 is 0 Å². The number of hydrogen-bond donors (Lipinski definition) is 0. The number of ether oxygens (including phenoxy) is 1. The molecule has 7 aromatic rings. The van der Waals surface area contributed by atoms with Crippen molar-refractivity contribution in [3.05, 3.63) is 131 Å². The molecule has 0 aliphatic heterocycles. The monoisotopic (exact) mass is 881 g/mol. The van der Waals surface area contributed by atoms with Crippen molar-refractivity contribution < 1.29 is 25.8 Å². The molecule has 0 bridgehead atoms. The molecule has 0 amide bonds. The van der Waals surface area contributed by atoms with Gasteiger partial charge in [-0.25, -0.2) is 4.98 Å². The number of fused-ring (bicyclic) bond motifs is 3. The summed E-state index contributed by atoms with van der Waals surface area (Å²) in [6.45, 7) is 16.0. The second-order valence-corrected chi connectivity index (χ2v) is 15.0. The molecular formula is C47H50N4OPt. The number of rotatable bonds is 13. The molecule has 4 aromatic carbocycles. The molecule has 3 heterocycles. The zero-order valence-corrected chi connectivity index (χ0v) is 34.3. The molecule has 7 rings (SSSR count). The van der Waals surface area contributed by atoms with Crippen LogP contribution in [0.25, 0.3) is 44.4 Å². The average Bonchev–Trinajstić information content (AvgIpc) is 3.73. The van der Waals surface area contributed by atoms with Crippen molar-refractivity contribution in [1.82, 2.24) is 19.3 Å². The van der Waals surface area contributed by atoms with Crippen LogP contribution in [0.5, 0.6) is 11.5 Å². The van der Waals surface area contributed by atoms with E-state index in [9.17, 15) is 0 Å². The Bertz CT molecular complexity index is 2350. The van der Waals surface area contributed by atoms with E-state index in [1.165, 1.54) is 27.8 Å². The number of benzene rings is 4. The SMILES string of the molecule is CCCc1cc(CC(C)C)c(-c2cnn(-c3[c-]c(Oc4[c-]c5c(cc4)c4ccccc4n5-c4cc(C)ccn4)ccc3)c2)c(CC(C)C)c1CCC.[Pt+2]. The second kappa shape index (κ2) is 16.7. The van der Waals surface area contributed by atoms with Crippen LogP contribution in [-0.2, 0) is 46.7 Å². The fourth-order valence-corrected chi connectivity index (χ4v) is 7.70. The molecular weight excluding hydrogens is 832 g/mol. The molecule has 0 aliphatic carbocycles. The maximum absolute atomic E-state index is 6.47. The van der Waals surface area contributed by atoms with Crippen molar-refractivity contribution in [3.63, 3.8) is 0 Å². The summed E-state index contributed by atoms with van der Waals surface area (Å²) in [5.41, 5.74) is 12.6. The number of pyridine rings is 1. The van der Waals surface area contributed by atoms with E-state index in [0.717, 1.165) is 77.4 Å². The van der Waals surface area contributed by atoms with Gasteiger partial charge in [0, 0.05) is 35.0 Å². The van der Waals surface area contributed by atoms with Crippen molar-refractivity contribution in [2.45, 2.75) is 87.0 Å². The number of aryl methyl sites for hydroxylation is 2. The Morgan fingerprint density at radius 3 is 2.28 bits per heavy atom. The Kier molecular flexibility index (Phi) is 12.0. The molecule has 6 heteroatoms. The molecule has 0 fully saturated rings. The van der Waals surface area contributed by atoms with Crippen molar-refractivity contribution >= 4 is 21.8 Å². The van der Waals surface area contributed by atoms with Crippen LogP contribution in [0.4, 0.5) is 0 Å². The number of nitrogens with zero attached hydrogens (tertiary/aromatic N) is 4. The van der Waals surface area contributed by atoms with Gasteiger partial charge in [-0.15, -0.1) is 35.7 Å². The third-order valence-corrected chi connectivity index (χ3v) is 9.76. The molecule has 53 heavy (non-hydrogen) atoms. The molecule has 0 aliphatic rings. The summed E-state index contributed by atoms with van der Waals surface area (Å²) >= 11 is 0. The molecule has 0 atom stereocenters. The Balaban J connectivity index is 0.00000481. The fourth-order valence-electron chi connectivity index (χ4n) is 7.70. The minimum atomic E-state index is 0. The summed E-state index contributed by atoms with van der Waals surface area (Å²) in [7, 11) is 0. The van der Waals surface area contributed by atoms with E-state index in [2.05, 4.69) is 114 Å². The van der Waals surface area contributed by atoms with E-state index in [0.29, 0.717) is 23.3 Å². The third-order valence-electron chi connectivity index (χ3n) is 9.76. The first-order valence-electron chi connectivity index (χ1n) is 19.0. The van der Waals surface area contributed by atoms with Crippen LogP contribution < -0.4 is 4.74 Å². The van der Waals surface area contributed by atoms with E-state index < -0.39 is 0 Å². The molecule has 274 valence electrons. The van der Waals surface area contributed by atoms with Gasteiger partial charge in [0.2, 0.25) is 0 Å². The molecule has 0 spiro atoms. The van der Waals surface area contributed by atoms with Gasteiger partial charge in [-0.3, -0.25) is 4.68 Å². The molecule has 0 saturated carbocycles. The van der Waals surface area contributed by atoms with Gasteiger partial charge in [0.05, 0.1) is 6.20 Å². The van der Waals surface area contributed by atoms with E-state index in [1.807, 2.05) is 47.4 Å². The second-order valence-electron chi connectivity index (χ2n) is 15.0. The molecule has 0 unspecified atom stereocenters. The number of hydrogen-bond acceptors (Lipinski definition) is 3. The normalized spacial score (nSPS) is 11.6. The van der Waals surface area contributed by atoms with Crippen LogP contribution in [-0.4, -0.2) is 19.3 Å². The third kappa shape index (κ3) is 8.06. The predicted molar refractivity (Wildman–Crippen MR) is 215 cm³/mol. The zero-order valence-electron chi connectivity index (χ0n) is 32.1. The maximum atomic E-state index is 6.47. The summed E-state index contributed by atoms with van der Waals surface area (Å²) in [4.78, 5) is 4.72. The van der Waals surface area contributed by atoms with Crippen LogP contribution in [0.2, 0.25) is 0 Å². The van der Waals surface area contributed by atoms with Gasteiger partial charge in [0.25, 0.3) is 0 Å². The minimum Gasteiger partial charge on any atom is -0.509 e. The van der Waals surface area contributed by atoms with Crippen LogP contribution in [0.3, 0.4) is 0 Å². The first-order valence-corrected chi connectivity index (χ1v) is 19.0. The topological polar surface area (TPSA) is 44.9 Å². The first kappa shape index (κ1) is 38.3. The fraction of sp³-hybridized carbons (Fsp3) is 0.319. The summed E-state index contributed by atoms with van der Waals surface area (Å²) in [6, 6.07) is 32.2. The van der Waals surface area contributed by atoms with E-state index in [1.54, 1.807) is 5.56 Å². The summed E-state index contributed by atoms with van der Waals surface area (Å²) in [6.07, 6.45) is 12.7. The van der Waals surface area contributed by atoms with Gasteiger partial charge in [-0.1, -0.05) is 84.2 Å². The zero-order chi connectivity index (χ0) is 36.4. The molecule has 3 aromatic heterocycles. The quantitative estimate of drug-likeness (QED) is 0.108. The predicted octanol–water partition coefficient (Wildman–Crippen LogP) is 12.0. The van der Waals surface area contributed by atoms with E-state index in [-0.39, 0.29) is 21.1 Å². The van der Waals surface area contributed by atoms with Gasteiger partial charge in [0.1, 0.15) is 5.82 Å². The summed E-state index contributed by atoms with van der Waals surface area (Å²) < 4.78 is 10.6. The number of para-hydroxylation sites is 1. The Labute approximate surface area is 329 Å². The van der Waals surface area contributed by atoms with Crippen molar-refractivity contribution in [2.75, 3.05) is 0 Å². The van der Waals surface area contributed by atoms with Crippen molar-refractivity contribution in [3.8, 4) is 34.1 Å². The van der Waals surface area contributed by atoms with Crippen LogP contribution in [0.1, 0.15) is 82.2 Å². The van der Waals surface area contributed by atoms with Crippen molar-refractivity contribution in [2.24, 2.45) is 11.8 Å². The number of aromatic nitrogens is 4. The molecule has 5 nitrogen and oxygen atoms in total. The average molecular weight is 882 g/mol. The van der Waals surface area contributed by atoms with Gasteiger partial charge in [-0.05, 0) is 107 Å². The molecule has 0 N–H and O–H groups in total. The summed E-state index contributed by atoms with van der Waals surface area (Å²) in [5.74, 6) is 3.20. The standard InChI is InChI=1S/C47H50N4O.Pt/c1-8-13-34-26-35(23-31(3)4)47(43(24-32(5)6)40(34)14-9-2)36-29-49-50(30-36)37-15-12-16-38(27-37)52-39-19-20-42-41-17-10-11-18-44(41)51(45(42)28-39)46-25-33(7)21-22-48-46;/h10-12,15-22,25-26,29-32H,8-9,13-14,23-24H2,1-7H3;/q-2;+2. The minimum absolute atomic E-state index is 0. The molecule has 0 radical (unpaired) electrons. The largest absolute Gasteiger partial charge is 2.00 e. The van der Waals surface area contributed by atoms with Gasteiger partial charge in [0.15, 0.2) is 0 Å². The maximum Gasteiger partial charge on any atom is 2.00 e. The van der Waals surface area contributed by atoms with Gasteiger partial charge < -0.3 is 9.30 Å². The van der Waals surface area contributed by atoms with Gasteiger partial charge in [-0.2, -0.15) is 17.2 Å². The van der Waals surface area contributed by atoms with Crippen LogP contribution in [0.15, 0.2) is 91.4 Å². The molecule has 0 saturated heterocycles. The van der Waals surface area contributed by atoms with Crippen LogP contribution in [0, 0.1) is 30.9 Å².